The quantitative estimate of drug-likeness (QED) is 0.571. The number of nitrogens with zero attached hydrogens (tertiary/aromatic N) is 2. The van der Waals surface area contributed by atoms with E-state index in [1.54, 1.807) is 12.3 Å². The van der Waals surface area contributed by atoms with Crippen LogP contribution in [0.3, 0.4) is 0 Å². The van der Waals surface area contributed by atoms with Crippen LogP contribution < -0.4 is 0 Å². The lowest BCUT2D eigenvalue weighted by Crippen LogP contribution is -2.24. The topological polar surface area (TPSA) is 29.3 Å². The van der Waals surface area contributed by atoms with E-state index in [0.29, 0.717) is 11.8 Å². The first-order chi connectivity index (χ1) is 6.93. The molecule has 14 heavy (non-hydrogen) atoms. The fourth-order valence-electron chi connectivity index (χ4n) is 2.45. The maximum atomic E-state index is 4.94. The van der Waals surface area contributed by atoms with Gasteiger partial charge in [-0.1, -0.05) is 11.1 Å². The summed E-state index contributed by atoms with van der Waals surface area (Å²) >= 11 is 0. The standard InChI is InChI=1S/C11H12N2O/c1(10-3-6-12-14-10)2-11-9-4-7-13(11)8-5-9/h3,6,9,11H,4-5,7-8H2. The summed E-state index contributed by atoms with van der Waals surface area (Å²) < 4.78 is 4.94. The van der Waals surface area contributed by atoms with E-state index in [1.165, 1.54) is 25.9 Å². The minimum Gasteiger partial charge on any atom is -0.348 e. The van der Waals surface area contributed by atoms with E-state index in [4.69, 9.17) is 4.52 Å². The summed E-state index contributed by atoms with van der Waals surface area (Å²) in [6, 6.07) is 2.28. The molecule has 0 spiro atoms. The number of hydrogen-bond donors (Lipinski definition) is 0. The van der Waals surface area contributed by atoms with E-state index < -0.39 is 0 Å². The Bertz CT molecular complexity index is 354. The summed E-state index contributed by atoms with van der Waals surface area (Å²) in [4.78, 5) is 2.47. The second kappa shape index (κ2) is 3.14. The van der Waals surface area contributed by atoms with Crippen molar-refractivity contribution < 1.29 is 4.52 Å². The minimum atomic E-state index is 0.472. The molecule has 2 aliphatic rings. The number of hydrogen-bond acceptors (Lipinski definition) is 3. The molecule has 0 radical (unpaired) electrons. The Hall–Kier alpha value is -1.27. The fourth-order valence-corrected chi connectivity index (χ4v) is 2.45. The van der Waals surface area contributed by atoms with Crippen molar-refractivity contribution in [1.29, 1.82) is 0 Å². The lowest BCUT2D eigenvalue weighted by atomic mass is 10.00. The summed E-state index contributed by atoms with van der Waals surface area (Å²) in [5.41, 5.74) is 0. The van der Waals surface area contributed by atoms with Crippen molar-refractivity contribution in [3.63, 3.8) is 0 Å². The predicted octanol–water partition coefficient (Wildman–Crippen LogP) is 1.12. The molecular weight excluding hydrogens is 176 g/mol. The van der Waals surface area contributed by atoms with Gasteiger partial charge in [0.2, 0.25) is 5.76 Å². The minimum absolute atomic E-state index is 0.472. The maximum Gasteiger partial charge on any atom is 0.209 e. The highest BCUT2D eigenvalue weighted by Crippen LogP contribution is 2.33. The van der Waals surface area contributed by atoms with E-state index in [0.717, 1.165) is 5.92 Å². The first-order valence-corrected chi connectivity index (χ1v) is 5.10. The van der Waals surface area contributed by atoms with Crippen molar-refractivity contribution in [1.82, 2.24) is 10.1 Å². The molecule has 1 aromatic heterocycles. The monoisotopic (exact) mass is 188 g/mol. The number of aromatic nitrogens is 1. The number of rotatable bonds is 0. The molecule has 1 unspecified atom stereocenters. The van der Waals surface area contributed by atoms with E-state index in [-0.39, 0.29) is 0 Å². The van der Waals surface area contributed by atoms with Gasteiger partial charge < -0.3 is 4.52 Å². The molecule has 3 heteroatoms. The number of piperidine rings is 1. The molecule has 0 aliphatic carbocycles. The van der Waals surface area contributed by atoms with Gasteiger partial charge in [0, 0.05) is 6.07 Å². The van der Waals surface area contributed by atoms with Crippen LogP contribution in [0.2, 0.25) is 0 Å². The third-order valence-corrected chi connectivity index (χ3v) is 3.20. The highest BCUT2D eigenvalue weighted by Gasteiger charge is 2.38. The smallest absolute Gasteiger partial charge is 0.209 e. The van der Waals surface area contributed by atoms with Crippen molar-refractivity contribution in [3.05, 3.63) is 18.0 Å². The zero-order chi connectivity index (χ0) is 9.38. The molecule has 1 aromatic rings. The van der Waals surface area contributed by atoms with Crippen LogP contribution in [-0.4, -0.2) is 29.2 Å². The molecule has 0 saturated carbocycles. The van der Waals surface area contributed by atoms with Crippen LogP contribution >= 0.6 is 0 Å². The molecule has 2 aliphatic heterocycles. The van der Waals surface area contributed by atoms with Gasteiger partial charge >= 0.3 is 0 Å². The molecule has 2 bridgehead atoms. The van der Waals surface area contributed by atoms with Crippen LogP contribution in [0.5, 0.6) is 0 Å². The van der Waals surface area contributed by atoms with Crippen LogP contribution in [0.15, 0.2) is 16.8 Å². The van der Waals surface area contributed by atoms with Crippen molar-refractivity contribution >= 4 is 0 Å². The molecule has 3 heterocycles. The maximum absolute atomic E-state index is 4.94. The summed E-state index contributed by atoms with van der Waals surface area (Å²) in [6.07, 6.45) is 4.26. The lowest BCUT2D eigenvalue weighted by Gasteiger charge is -2.12. The first kappa shape index (κ1) is 8.07. The van der Waals surface area contributed by atoms with Crippen molar-refractivity contribution in [2.24, 2.45) is 5.92 Å². The Labute approximate surface area is 83.1 Å². The Balaban J connectivity index is 1.79. The molecule has 2 saturated heterocycles. The molecule has 72 valence electrons. The van der Waals surface area contributed by atoms with Gasteiger partial charge in [-0.05, 0) is 37.8 Å². The molecular formula is C11H12N2O. The Morgan fingerprint density at radius 3 is 2.86 bits per heavy atom. The molecule has 3 rings (SSSR count). The summed E-state index contributed by atoms with van der Waals surface area (Å²) in [7, 11) is 0. The first-order valence-electron chi connectivity index (χ1n) is 5.10. The Kier molecular flexibility index (Phi) is 1.81. The van der Waals surface area contributed by atoms with Crippen LogP contribution in [0.1, 0.15) is 18.6 Å². The van der Waals surface area contributed by atoms with Crippen molar-refractivity contribution in [2.75, 3.05) is 13.1 Å². The van der Waals surface area contributed by atoms with Crippen LogP contribution in [0.4, 0.5) is 0 Å². The number of fused-ring (bicyclic) bond motifs is 2. The van der Waals surface area contributed by atoms with E-state index in [9.17, 15) is 0 Å². The van der Waals surface area contributed by atoms with E-state index in [2.05, 4.69) is 21.9 Å². The van der Waals surface area contributed by atoms with E-state index >= 15 is 0 Å². The highest BCUT2D eigenvalue weighted by atomic mass is 16.5. The SMILES string of the molecule is C(#CC1C2CCN1CC2)c1ccno1. The highest BCUT2D eigenvalue weighted by molar-refractivity contribution is 5.27. The van der Waals surface area contributed by atoms with Crippen molar-refractivity contribution in [2.45, 2.75) is 18.9 Å². The summed E-state index contributed by atoms with van der Waals surface area (Å²) in [5, 5.41) is 3.63. The van der Waals surface area contributed by atoms with Crippen molar-refractivity contribution in [3.8, 4) is 11.8 Å². The molecule has 2 fully saturated rings. The molecule has 0 aromatic carbocycles. The largest absolute Gasteiger partial charge is 0.348 e. The van der Waals surface area contributed by atoms with Gasteiger partial charge in [-0.3, -0.25) is 4.90 Å². The van der Waals surface area contributed by atoms with Gasteiger partial charge in [-0.15, -0.1) is 0 Å². The second-order valence-corrected chi connectivity index (χ2v) is 3.96. The summed E-state index contributed by atoms with van der Waals surface area (Å²) in [6.45, 7) is 2.45. The molecule has 0 N–H and O–H groups in total. The second-order valence-electron chi connectivity index (χ2n) is 3.96. The van der Waals surface area contributed by atoms with Gasteiger partial charge in [0.05, 0.1) is 12.2 Å². The fraction of sp³-hybridized carbons (Fsp3) is 0.545. The Morgan fingerprint density at radius 1 is 1.43 bits per heavy atom. The van der Waals surface area contributed by atoms with Gasteiger partial charge in [0.15, 0.2) is 0 Å². The average Bonchev–Trinajstić information content (AvgIpc) is 2.91. The van der Waals surface area contributed by atoms with E-state index in [1.807, 2.05) is 0 Å². The summed E-state index contributed by atoms with van der Waals surface area (Å²) in [5.74, 6) is 7.81. The van der Waals surface area contributed by atoms with Gasteiger partial charge in [-0.25, -0.2) is 0 Å². The van der Waals surface area contributed by atoms with Gasteiger partial charge in [-0.2, -0.15) is 0 Å². The van der Waals surface area contributed by atoms with Crippen LogP contribution in [0.25, 0.3) is 0 Å². The lowest BCUT2D eigenvalue weighted by molar-refractivity contribution is 0.339. The normalized spacial score (nSPS) is 34.1. The van der Waals surface area contributed by atoms with Crippen LogP contribution in [0, 0.1) is 17.8 Å². The average molecular weight is 188 g/mol. The predicted molar refractivity (Wildman–Crippen MR) is 51.5 cm³/mol. The third-order valence-electron chi connectivity index (χ3n) is 3.20. The molecule has 3 nitrogen and oxygen atoms in total. The zero-order valence-electron chi connectivity index (χ0n) is 7.94. The van der Waals surface area contributed by atoms with Gasteiger partial charge in [0.25, 0.3) is 0 Å². The molecule has 1 atom stereocenters. The molecule has 0 amide bonds. The van der Waals surface area contributed by atoms with Gasteiger partial charge in [0.1, 0.15) is 0 Å². The zero-order valence-corrected chi connectivity index (χ0v) is 7.94. The Morgan fingerprint density at radius 2 is 2.29 bits per heavy atom. The van der Waals surface area contributed by atoms with Crippen LogP contribution in [-0.2, 0) is 0 Å². The third kappa shape index (κ3) is 1.23.